The zero-order valence-corrected chi connectivity index (χ0v) is 18.5. The fourth-order valence-electron chi connectivity index (χ4n) is 3.72. The van der Waals surface area contributed by atoms with Crippen molar-refractivity contribution in [2.45, 2.75) is 56.2 Å². The maximum atomic E-state index is 11.2. The molecular formula is C25H29NO2S. The number of aromatic hydroxyl groups is 2. The Morgan fingerprint density at radius 3 is 1.97 bits per heavy atom. The number of hydrogen-bond acceptors (Lipinski definition) is 4. The number of hydrogen-bond donors (Lipinski definition) is 2. The van der Waals surface area contributed by atoms with Crippen LogP contribution in [-0.2, 0) is 0 Å². The van der Waals surface area contributed by atoms with Crippen LogP contribution in [0.3, 0.4) is 0 Å². The fraction of sp³-hybridized carbons (Fsp3) is 0.320. The summed E-state index contributed by atoms with van der Waals surface area (Å²) in [6.45, 7) is 10.8. The van der Waals surface area contributed by atoms with E-state index in [0.29, 0.717) is 5.75 Å². The van der Waals surface area contributed by atoms with Gasteiger partial charge in [0.1, 0.15) is 11.5 Å². The van der Waals surface area contributed by atoms with E-state index in [2.05, 4.69) is 51.7 Å². The van der Waals surface area contributed by atoms with E-state index in [9.17, 15) is 10.2 Å². The van der Waals surface area contributed by atoms with Crippen LogP contribution in [0.15, 0.2) is 70.7 Å². The first kappa shape index (κ1) is 21.3. The summed E-state index contributed by atoms with van der Waals surface area (Å²) in [5.41, 5.74) is 2.95. The molecule has 3 aromatic rings. The third-order valence-corrected chi connectivity index (χ3v) is 6.03. The standard InChI is InChI=1S/C25H29NO2S/c1-16(2)21-14-20(29-19-8-6-18(27)7-9-19)15-22(24(21)28)23(25(3,4)5)17-10-12-26-13-11-17/h6-16,23,27-28H,1-5H3. The van der Waals surface area contributed by atoms with Crippen molar-refractivity contribution < 1.29 is 10.2 Å². The molecule has 0 radical (unpaired) electrons. The lowest BCUT2D eigenvalue weighted by Crippen LogP contribution is -2.20. The number of aromatic nitrogens is 1. The molecule has 1 atom stereocenters. The first-order valence-electron chi connectivity index (χ1n) is 9.90. The molecule has 0 spiro atoms. The number of pyridine rings is 1. The van der Waals surface area contributed by atoms with Gasteiger partial charge in [-0.2, -0.15) is 0 Å². The Balaban J connectivity index is 2.15. The molecule has 0 aliphatic heterocycles. The van der Waals surface area contributed by atoms with Crippen molar-refractivity contribution in [3.8, 4) is 11.5 Å². The summed E-state index contributed by atoms with van der Waals surface area (Å²) < 4.78 is 0. The fourth-order valence-corrected chi connectivity index (χ4v) is 4.64. The van der Waals surface area contributed by atoms with Crippen molar-refractivity contribution in [3.63, 3.8) is 0 Å². The molecule has 2 N–H and O–H groups in total. The van der Waals surface area contributed by atoms with Crippen molar-refractivity contribution in [2.75, 3.05) is 0 Å². The number of phenolic OH excluding ortho intramolecular Hbond substituents is 2. The molecule has 3 nitrogen and oxygen atoms in total. The van der Waals surface area contributed by atoms with Gasteiger partial charge in [-0.25, -0.2) is 0 Å². The molecule has 0 aliphatic rings. The minimum atomic E-state index is -0.0884. The second kappa shape index (κ2) is 8.50. The Kier molecular flexibility index (Phi) is 6.23. The van der Waals surface area contributed by atoms with Gasteiger partial charge in [-0.05, 0) is 71.0 Å². The average Bonchev–Trinajstić information content (AvgIpc) is 2.65. The summed E-state index contributed by atoms with van der Waals surface area (Å²) >= 11 is 1.64. The molecule has 0 amide bonds. The van der Waals surface area contributed by atoms with Gasteiger partial charge >= 0.3 is 0 Å². The van der Waals surface area contributed by atoms with Crippen LogP contribution in [0.25, 0.3) is 0 Å². The molecular weight excluding hydrogens is 378 g/mol. The Morgan fingerprint density at radius 2 is 1.41 bits per heavy atom. The van der Waals surface area contributed by atoms with E-state index in [-0.39, 0.29) is 23.0 Å². The van der Waals surface area contributed by atoms with Crippen LogP contribution in [0.4, 0.5) is 0 Å². The van der Waals surface area contributed by atoms with Crippen molar-refractivity contribution >= 4 is 11.8 Å². The largest absolute Gasteiger partial charge is 0.508 e. The minimum Gasteiger partial charge on any atom is -0.508 e. The van der Waals surface area contributed by atoms with Gasteiger partial charge < -0.3 is 10.2 Å². The second-order valence-corrected chi connectivity index (χ2v) is 9.93. The van der Waals surface area contributed by atoms with Gasteiger partial charge in [-0.3, -0.25) is 4.98 Å². The first-order chi connectivity index (χ1) is 13.7. The van der Waals surface area contributed by atoms with Crippen molar-refractivity contribution in [1.82, 2.24) is 4.98 Å². The summed E-state index contributed by atoms with van der Waals surface area (Å²) in [5.74, 6) is 0.872. The van der Waals surface area contributed by atoms with E-state index in [1.165, 1.54) is 0 Å². The van der Waals surface area contributed by atoms with Crippen LogP contribution in [0, 0.1) is 5.41 Å². The van der Waals surface area contributed by atoms with Crippen LogP contribution < -0.4 is 0 Å². The topological polar surface area (TPSA) is 53.4 Å². The zero-order chi connectivity index (χ0) is 21.2. The van der Waals surface area contributed by atoms with Gasteiger partial charge in [-0.15, -0.1) is 0 Å². The highest BCUT2D eigenvalue weighted by Crippen LogP contribution is 2.47. The van der Waals surface area contributed by atoms with E-state index in [1.807, 2.05) is 36.7 Å². The minimum absolute atomic E-state index is 0.0309. The van der Waals surface area contributed by atoms with Gasteiger partial charge in [0.2, 0.25) is 0 Å². The van der Waals surface area contributed by atoms with Crippen molar-refractivity contribution in [2.24, 2.45) is 5.41 Å². The molecule has 0 bridgehead atoms. The average molecular weight is 408 g/mol. The second-order valence-electron chi connectivity index (χ2n) is 8.78. The third kappa shape index (κ3) is 4.94. The normalized spacial score (nSPS) is 12.9. The maximum absolute atomic E-state index is 11.2. The Labute approximate surface area is 177 Å². The number of benzene rings is 2. The first-order valence-corrected chi connectivity index (χ1v) is 10.7. The zero-order valence-electron chi connectivity index (χ0n) is 17.7. The summed E-state index contributed by atoms with van der Waals surface area (Å²) in [4.78, 5) is 6.29. The molecule has 4 heteroatoms. The molecule has 2 aromatic carbocycles. The molecule has 0 saturated heterocycles. The van der Waals surface area contributed by atoms with E-state index in [4.69, 9.17) is 0 Å². The highest BCUT2D eigenvalue weighted by Gasteiger charge is 2.31. The van der Waals surface area contributed by atoms with Crippen molar-refractivity contribution in [3.05, 3.63) is 77.6 Å². The van der Waals surface area contributed by atoms with Crippen LogP contribution in [0.2, 0.25) is 0 Å². The Hall–Kier alpha value is -2.46. The van der Waals surface area contributed by atoms with E-state index >= 15 is 0 Å². The summed E-state index contributed by atoms with van der Waals surface area (Å²) in [5, 5.41) is 20.8. The van der Waals surface area contributed by atoms with Crippen molar-refractivity contribution in [1.29, 1.82) is 0 Å². The Bertz CT molecular complexity index is 961. The van der Waals surface area contributed by atoms with Crippen LogP contribution in [0.5, 0.6) is 11.5 Å². The van der Waals surface area contributed by atoms with Crippen LogP contribution >= 0.6 is 11.8 Å². The maximum Gasteiger partial charge on any atom is 0.122 e. The SMILES string of the molecule is CC(C)c1cc(Sc2ccc(O)cc2)cc(C(c2ccncc2)C(C)(C)C)c1O. The summed E-state index contributed by atoms with van der Waals surface area (Å²) in [6.07, 6.45) is 3.62. The highest BCUT2D eigenvalue weighted by atomic mass is 32.2. The number of phenols is 2. The predicted octanol–water partition coefficient (Wildman–Crippen LogP) is 6.95. The molecule has 3 rings (SSSR count). The lowest BCUT2D eigenvalue weighted by molar-refractivity contribution is 0.345. The molecule has 0 fully saturated rings. The Morgan fingerprint density at radius 1 is 0.828 bits per heavy atom. The quantitative estimate of drug-likeness (QED) is 0.481. The van der Waals surface area contributed by atoms with Gasteiger partial charge in [0.05, 0.1) is 0 Å². The molecule has 152 valence electrons. The lowest BCUT2D eigenvalue weighted by atomic mass is 9.72. The van der Waals surface area contributed by atoms with Gasteiger partial charge in [0.25, 0.3) is 0 Å². The van der Waals surface area contributed by atoms with Crippen LogP contribution in [-0.4, -0.2) is 15.2 Å². The number of nitrogens with zero attached hydrogens (tertiary/aromatic N) is 1. The molecule has 29 heavy (non-hydrogen) atoms. The monoisotopic (exact) mass is 407 g/mol. The summed E-state index contributed by atoms with van der Waals surface area (Å²) in [7, 11) is 0. The van der Waals surface area contributed by atoms with E-state index < -0.39 is 0 Å². The van der Waals surface area contributed by atoms with Gasteiger partial charge in [0, 0.05) is 33.7 Å². The molecule has 0 saturated carbocycles. The molecule has 1 unspecified atom stereocenters. The third-order valence-electron chi connectivity index (χ3n) is 5.05. The molecule has 0 aliphatic carbocycles. The smallest absolute Gasteiger partial charge is 0.122 e. The predicted molar refractivity (Wildman–Crippen MR) is 120 cm³/mol. The van der Waals surface area contributed by atoms with E-state index in [1.54, 1.807) is 23.9 Å². The molecule has 1 aromatic heterocycles. The lowest BCUT2D eigenvalue weighted by Gasteiger charge is -2.33. The molecule has 1 heterocycles. The van der Waals surface area contributed by atoms with Gasteiger partial charge in [0.15, 0.2) is 0 Å². The number of rotatable bonds is 5. The van der Waals surface area contributed by atoms with Gasteiger partial charge in [-0.1, -0.05) is 46.4 Å². The summed E-state index contributed by atoms with van der Waals surface area (Å²) in [6, 6.07) is 15.5. The highest BCUT2D eigenvalue weighted by molar-refractivity contribution is 7.99. The van der Waals surface area contributed by atoms with Crippen LogP contribution in [0.1, 0.15) is 63.1 Å². The van der Waals surface area contributed by atoms with E-state index in [0.717, 1.165) is 26.5 Å².